The second-order valence-corrected chi connectivity index (χ2v) is 6.07. The summed E-state index contributed by atoms with van der Waals surface area (Å²) in [6.07, 6.45) is 3.15. The van der Waals surface area contributed by atoms with Gasteiger partial charge in [0.05, 0.1) is 5.01 Å². The lowest BCUT2D eigenvalue weighted by atomic mass is 10.1. The van der Waals surface area contributed by atoms with E-state index in [1.54, 1.807) is 17.5 Å². The van der Waals surface area contributed by atoms with Crippen LogP contribution in [-0.2, 0) is 11.2 Å². The number of carbonyl (C=O) groups excluding carboxylic acids is 1. The Morgan fingerprint density at radius 1 is 1.44 bits per heavy atom. The van der Waals surface area contributed by atoms with Crippen molar-refractivity contribution < 1.29 is 4.79 Å². The highest BCUT2D eigenvalue weighted by atomic mass is 32.1. The molecule has 5 heteroatoms. The number of hydrogen-bond acceptors (Lipinski definition) is 4. The molecular weight excluding hydrogens is 246 g/mol. The third-order valence-corrected chi connectivity index (χ3v) is 4.59. The van der Waals surface area contributed by atoms with E-state index in [4.69, 9.17) is 0 Å². The zero-order valence-corrected chi connectivity index (χ0v) is 12.1. The van der Waals surface area contributed by atoms with Crippen molar-refractivity contribution >= 4 is 17.2 Å². The molecule has 0 aromatic carbocycles. The Morgan fingerprint density at radius 3 is 2.67 bits per heavy atom. The Hall–Kier alpha value is -0.940. The second kappa shape index (κ2) is 5.80. The summed E-state index contributed by atoms with van der Waals surface area (Å²) in [6, 6.07) is 0.884. The van der Waals surface area contributed by atoms with Crippen molar-refractivity contribution in [3.8, 4) is 0 Å². The number of thiazole rings is 1. The van der Waals surface area contributed by atoms with Gasteiger partial charge in [-0.2, -0.15) is 0 Å². The van der Waals surface area contributed by atoms with Gasteiger partial charge in [0.15, 0.2) is 0 Å². The van der Waals surface area contributed by atoms with Crippen molar-refractivity contribution in [2.45, 2.75) is 38.8 Å². The van der Waals surface area contributed by atoms with E-state index in [1.807, 2.05) is 10.3 Å². The number of carbonyl (C=O) groups is 1. The lowest BCUT2D eigenvalue weighted by Crippen LogP contribution is -2.56. The molecule has 0 radical (unpaired) electrons. The number of piperazine rings is 1. The molecule has 1 aliphatic rings. The molecule has 2 rings (SSSR count). The first-order chi connectivity index (χ1) is 8.58. The van der Waals surface area contributed by atoms with Gasteiger partial charge in [-0.15, -0.1) is 11.3 Å². The van der Waals surface area contributed by atoms with E-state index in [9.17, 15) is 4.79 Å². The first kappa shape index (κ1) is 13.5. The minimum atomic E-state index is 0.261. The van der Waals surface area contributed by atoms with Gasteiger partial charge in [0.25, 0.3) is 0 Å². The number of nitrogens with zero attached hydrogens (tertiary/aromatic N) is 3. The fourth-order valence-corrected chi connectivity index (χ4v) is 2.98. The molecule has 1 saturated heterocycles. The molecule has 1 fully saturated rings. The molecule has 0 bridgehead atoms. The van der Waals surface area contributed by atoms with Crippen molar-refractivity contribution in [2.75, 3.05) is 20.1 Å². The first-order valence-electron chi connectivity index (χ1n) is 6.46. The highest BCUT2D eigenvalue weighted by Crippen LogP contribution is 2.15. The van der Waals surface area contributed by atoms with E-state index in [-0.39, 0.29) is 5.91 Å². The molecule has 1 amide bonds. The number of aromatic nitrogens is 1. The van der Waals surface area contributed by atoms with Crippen molar-refractivity contribution in [1.82, 2.24) is 14.8 Å². The molecule has 0 N–H and O–H groups in total. The Kier molecular flexibility index (Phi) is 4.35. The molecule has 100 valence electrons. The number of rotatable bonds is 3. The van der Waals surface area contributed by atoms with E-state index in [2.05, 4.69) is 30.8 Å². The molecular formula is C13H21N3OS. The van der Waals surface area contributed by atoms with Gasteiger partial charge in [0.1, 0.15) is 0 Å². The molecule has 0 saturated carbocycles. The summed E-state index contributed by atoms with van der Waals surface area (Å²) in [4.78, 5) is 20.7. The van der Waals surface area contributed by atoms with Gasteiger partial charge in [-0.05, 0) is 20.9 Å². The third kappa shape index (κ3) is 3.09. The van der Waals surface area contributed by atoms with Crippen LogP contribution in [-0.4, -0.2) is 52.9 Å². The summed E-state index contributed by atoms with van der Waals surface area (Å²) >= 11 is 1.62. The molecule has 0 spiro atoms. The van der Waals surface area contributed by atoms with E-state index in [0.717, 1.165) is 24.5 Å². The zero-order valence-electron chi connectivity index (χ0n) is 11.3. The quantitative estimate of drug-likeness (QED) is 0.835. The molecule has 0 aliphatic carbocycles. The maximum absolute atomic E-state index is 12.2. The van der Waals surface area contributed by atoms with Crippen LogP contribution in [0.1, 0.15) is 25.3 Å². The summed E-state index contributed by atoms with van der Waals surface area (Å²) in [5.41, 5.74) is 0. The van der Waals surface area contributed by atoms with Crippen molar-refractivity contribution in [2.24, 2.45) is 0 Å². The Balaban J connectivity index is 1.85. The first-order valence-corrected chi connectivity index (χ1v) is 7.34. The maximum atomic E-state index is 12.2. The lowest BCUT2D eigenvalue weighted by Gasteiger charge is -2.42. The second-order valence-electron chi connectivity index (χ2n) is 5.09. The van der Waals surface area contributed by atoms with Crippen LogP contribution in [0.2, 0.25) is 0 Å². The van der Waals surface area contributed by atoms with Crippen molar-refractivity contribution in [1.29, 1.82) is 0 Å². The highest BCUT2D eigenvalue weighted by Gasteiger charge is 2.28. The molecule has 1 aromatic heterocycles. The fourth-order valence-electron chi connectivity index (χ4n) is 2.36. The number of likely N-dealkylation sites (N-methyl/N-ethyl adjacent to an activating group) is 1. The fraction of sp³-hybridized carbons (Fsp3) is 0.692. The van der Waals surface area contributed by atoms with Gasteiger partial charge in [0.2, 0.25) is 5.91 Å². The van der Waals surface area contributed by atoms with E-state index in [1.165, 1.54) is 0 Å². The van der Waals surface area contributed by atoms with E-state index < -0.39 is 0 Å². The third-order valence-electron chi connectivity index (χ3n) is 3.75. The SMILES string of the molecule is C[C@@H]1CN(C(=O)CCc2nccs2)C[C@H](C)N1C. The minimum absolute atomic E-state index is 0.261. The van der Waals surface area contributed by atoms with Gasteiger partial charge in [-0.3, -0.25) is 9.69 Å². The molecule has 0 unspecified atom stereocenters. The van der Waals surface area contributed by atoms with Crippen LogP contribution >= 0.6 is 11.3 Å². The van der Waals surface area contributed by atoms with Crippen molar-refractivity contribution in [3.63, 3.8) is 0 Å². The predicted octanol–water partition coefficient (Wildman–Crippen LogP) is 1.63. The normalized spacial score (nSPS) is 25.4. The average Bonchev–Trinajstić information content (AvgIpc) is 2.85. The predicted molar refractivity (Wildman–Crippen MR) is 73.7 cm³/mol. The molecule has 18 heavy (non-hydrogen) atoms. The van der Waals surface area contributed by atoms with Crippen LogP contribution in [0.25, 0.3) is 0 Å². The van der Waals surface area contributed by atoms with Crippen LogP contribution in [0.4, 0.5) is 0 Å². The summed E-state index contributed by atoms with van der Waals surface area (Å²) in [5.74, 6) is 0.261. The summed E-state index contributed by atoms with van der Waals surface area (Å²) in [7, 11) is 2.13. The topological polar surface area (TPSA) is 36.4 Å². The smallest absolute Gasteiger partial charge is 0.223 e. The summed E-state index contributed by atoms with van der Waals surface area (Å²) < 4.78 is 0. The van der Waals surface area contributed by atoms with Crippen molar-refractivity contribution in [3.05, 3.63) is 16.6 Å². The van der Waals surface area contributed by atoms with E-state index >= 15 is 0 Å². The van der Waals surface area contributed by atoms with Gasteiger partial charge in [0, 0.05) is 49.6 Å². The lowest BCUT2D eigenvalue weighted by molar-refractivity contribution is -0.135. The molecule has 1 aliphatic heterocycles. The number of hydrogen-bond donors (Lipinski definition) is 0. The molecule has 2 heterocycles. The van der Waals surface area contributed by atoms with Crippen LogP contribution in [0, 0.1) is 0 Å². The van der Waals surface area contributed by atoms with Gasteiger partial charge in [-0.1, -0.05) is 0 Å². The van der Waals surface area contributed by atoms with Crippen LogP contribution in [0.3, 0.4) is 0 Å². The Morgan fingerprint density at radius 2 is 2.11 bits per heavy atom. The highest BCUT2D eigenvalue weighted by molar-refractivity contribution is 7.09. The van der Waals surface area contributed by atoms with Crippen LogP contribution in [0.5, 0.6) is 0 Å². The average molecular weight is 267 g/mol. The standard InChI is InChI=1S/C13H21N3OS/c1-10-8-16(9-11(2)15(10)3)13(17)5-4-12-14-6-7-18-12/h6-7,10-11H,4-5,8-9H2,1-3H3/t10-,11+. The Labute approximate surface area is 113 Å². The Bertz CT molecular complexity index is 381. The van der Waals surface area contributed by atoms with Gasteiger partial charge < -0.3 is 4.90 Å². The zero-order chi connectivity index (χ0) is 13.1. The largest absolute Gasteiger partial charge is 0.340 e. The number of aryl methyl sites for hydroxylation is 1. The minimum Gasteiger partial charge on any atom is -0.340 e. The summed E-state index contributed by atoms with van der Waals surface area (Å²) in [5, 5.41) is 3.01. The maximum Gasteiger partial charge on any atom is 0.223 e. The van der Waals surface area contributed by atoms with Gasteiger partial charge >= 0.3 is 0 Å². The molecule has 2 atom stereocenters. The monoisotopic (exact) mass is 267 g/mol. The van der Waals surface area contributed by atoms with E-state index in [0.29, 0.717) is 18.5 Å². The number of amides is 1. The van der Waals surface area contributed by atoms with Gasteiger partial charge in [-0.25, -0.2) is 4.98 Å². The summed E-state index contributed by atoms with van der Waals surface area (Å²) in [6.45, 7) is 6.04. The van der Waals surface area contributed by atoms with Crippen LogP contribution < -0.4 is 0 Å². The van der Waals surface area contributed by atoms with Crippen LogP contribution in [0.15, 0.2) is 11.6 Å². The molecule has 1 aromatic rings. The molecule has 4 nitrogen and oxygen atoms in total.